The van der Waals surface area contributed by atoms with E-state index >= 15 is 0 Å². The van der Waals surface area contributed by atoms with Crippen molar-refractivity contribution in [1.29, 1.82) is 0 Å². The number of benzene rings is 1. The molecular weight excluding hydrogens is 507 g/mol. The summed E-state index contributed by atoms with van der Waals surface area (Å²) >= 11 is 0. The van der Waals surface area contributed by atoms with Gasteiger partial charge in [-0.25, -0.2) is 4.98 Å². The number of nitrogens with zero attached hydrogens (tertiary/aromatic N) is 5. The van der Waals surface area contributed by atoms with E-state index in [9.17, 15) is 18.3 Å². The highest BCUT2D eigenvalue weighted by Gasteiger charge is 2.36. The van der Waals surface area contributed by atoms with E-state index in [2.05, 4.69) is 30.7 Å². The number of aliphatic hydroxyl groups excluding tert-OH is 1. The second-order valence-corrected chi connectivity index (χ2v) is 11.0. The summed E-state index contributed by atoms with van der Waals surface area (Å²) in [6.45, 7) is 1.80. The Morgan fingerprint density at radius 2 is 1.97 bits per heavy atom. The van der Waals surface area contributed by atoms with Gasteiger partial charge in [-0.1, -0.05) is 24.6 Å². The van der Waals surface area contributed by atoms with Crippen molar-refractivity contribution in [2.75, 3.05) is 0 Å². The lowest BCUT2D eigenvalue weighted by Crippen LogP contribution is -2.30. The number of nitrogens with one attached hydrogen (secondary N) is 2. The summed E-state index contributed by atoms with van der Waals surface area (Å²) in [5.74, 6) is 1.37. The molecule has 2 saturated carbocycles. The van der Waals surface area contributed by atoms with E-state index < -0.39 is 17.9 Å². The average molecular weight is 540 g/mol. The number of hydrogen-bond acceptors (Lipinski definition) is 6. The minimum absolute atomic E-state index is 0.0181. The lowest BCUT2D eigenvalue weighted by atomic mass is 9.72. The van der Waals surface area contributed by atoms with Gasteiger partial charge in [-0.3, -0.25) is 5.10 Å². The highest BCUT2D eigenvalue weighted by atomic mass is 19.4. The number of aromatic amines is 1. The van der Waals surface area contributed by atoms with Gasteiger partial charge in [-0.2, -0.15) is 18.3 Å². The maximum atomic E-state index is 14.0. The Hall–Kier alpha value is -3.31. The maximum Gasteiger partial charge on any atom is 0.433 e. The van der Waals surface area contributed by atoms with Crippen LogP contribution in [0.2, 0.25) is 0 Å². The van der Waals surface area contributed by atoms with E-state index in [1.54, 1.807) is 13.3 Å². The fourth-order valence-electron chi connectivity index (χ4n) is 6.12. The molecule has 0 spiro atoms. The van der Waals surface area contributed by atoms with Crippen LogP contribution in [-0.2, 0) is 13.2 Å². The van der Waals surface area contributed by atoms with Crippen LogP contribution in [0.15, 0.2) is 36.7 Å². The number of alkyl halides is 3. The summed E-state index contributed by atoms with van der Waals surface area (Å²) in [7, 11) is 1.93. The lowest BCUT2D eigenvalue weighted by molar-refractivity contribution is -0.141. The van der Waals surface area contributed by atoms with Crippen LogP contribution in [0.3, 0.4) is 0 Å². The first-order chi connectivity index (χ1) is 18.7. The van der Waals surface area contributed by atoms with Crippen LogP contribution in [0.4, 0.5) is 13.2 Å². The summed E-state index contributed by atoms with van der Waals surface area (Å²) in [5.41, 5.74) is 2.03. The molecule has 4 atom stereocenters. The topological polar surface area (TPSA) is 105 Å². The summed E-state index contributed by atoms with van der Waals surface area (Å²) < 4.78 is 43.9. The first kappa shape index (κ1) is 25.9. The van der Waals surface area contributed by atoms with Gasteiger partial charge in [0.05, 0.1) is 17.3 Å². The Morgan fingerprint density at radius 3 is 2.62 bits per heavy atom. The third kappa shape index (κ3) is 4.93. The molecule has 0 radical (unpaired) electrons. The molecule has 2 fully saturated rings. The lowest BCUT2D eigenvalue weighted by Gasteiger charge is -2.33. The number of aryl methyl sites for hydroxylation is 1. The number of aliphatic hydroxyl groups is 1. The van der Waals surface area contributed by atoms with Crippen LogP contribution >= 0.6 is 0 Å². The van der Waals surface area contributed by atoms with E-state index in [1.807, 2.05) is 35.9 Å². The van der Waals surface area contributed by atoms with Crippen LogP contribution in [0.25, 0.3) is 22.2 Å². The van der Waals surface area contributed by atoms with Crippen molar-refractivity contribution in [2.45, 2.75) is 75.7 Å². The normalized spacial score (nSPS) is 21.8. The van der Waals surface area contributed by atoms with Gasteiger partial charge in [0.25, 0.3) is 0 Å². The second kappa shape index (κ2) is 10.0. The van der Waals surface area contributed by atoms with E-state index in [-0.39, 0.29) is 23.8 Å². The third-order valence-corrected chi connectivity index (χ3v) is 8.34. The fraction of sp³-hybridized carbons (Fsp3) is 0.500. The molecule has 0 unspecified atom stereocenters. The molecule has 39 heavy (non-hydrogen) atoms. The first-order valence-electron chi connectivity index (χ1n) is 13.5. The average Bonchev–Trinajstić information content (AvgIpc) is 3.60. The quantitative estimate of drug-likeness (QED) is 0.296. The number of hydrogen-bond donors (Lipinski definition) is 3. The number of H-pyrrole nitrogens is 1. The molecule has 0 amide bonds. The Morgan fingerprint density at radius 1 is 1.15 bits per heavy atom. The molecule has 6 rings (SSSR count). The molecule has 0 saturated heterocycles. The molecule has 2 aliphatic rings. The van der Waals surface area contributed by atoms with Gasteiger partial charge in [0.2, 0.25) is 0 Å². The summed E-state index contributed by atoms with van der Waals surface area (Å²) in [6.07, 6.45) is 2.08. The molecule has 0 bridgehead atoms. The van der Waals surface area contributed by atoms with Crippen LogP contribution < -0.4 is 5.32 Å². The molecule has 3 N–H and O–H groups in total. The first-order valence-corrected chi connectivity index (χ1v) is 13.5. The largest absolute Gasteiger partial charge is 0.433 e. The molecule has 4 aromatic rings. The Kier molecular flexibility index (Phi) is 6.66. The van der Waals surface area contributed by atoms with Gasteiger partial charge >= 0.3 is 6.18 Å². The maximum absolute atomic E-state index is 14.0. The van der Waals surface area contributed by atoms with Gasteiger partial charge in [-0.05, 0) is 62.6 Å². The Balaban J connectivity index is 1.42. The predicted molar refractivity (Wildman–Crippen MR) is 140 cm³/mol. The van der Waals surface area contributed by atoms with Crippen molar-refractivity contribution in [1.82, 2.24) is 35.3 Å². The molecule has 3 heterocycles. The SMILES string of the molecule is C[C@@H](N[C@@H]1CC[C@H](O)C1)c1nc(C(F)(F)F)cc2c(-c3cccc([C@H](c4nncn4C)C4CCC4)c3)n[nH]c12. The summed E-state index contributed by atoms with van der Waals surface area (Å²) in [6, 6.07) is 8.50. The summed E-state index contributed by atoms with van der Waals surface area (Å²) in [4.78, 5) is 4.03. The van der Waals surface area contributed by atoms with Crippen LogP contribution in [0.5, 0.6) is 0 Å². The highest BCUT2D eigenvalue weighted by Crippen LogP contribution is 2.44. The van der Waals surface area contributed by atoms with Gasteiger partial charge in [0.1, 0.15) is 23.5 Å². The van der Waals surface area contributed by atoms with Crippen molar-refractivity contribution in [3.63, 3.8) is 0 Å². The fourth-order valence-corrected chi connectivity index (χ4v) is 6.12. The van der Waals surface area contributed by atoms with Gasteiger partial charge in [0, 0.05) is 36.0 Å². The number of halogens is 3. The predicted octanol–water partition coefficient (Wildman–Crippen LogP) is 5.27. The third-order valence-electron chi connectivity index (χ3n) is 8.34. The molecular formula is C28H32F3N7O. The van der Waals surface area contributed by atoms with E-state index in [0.29, 0.717) is 35.4 Å². The second-order valence-electron chi connectivity index (χ2n) is 11.0. The zero-order valence-corrected chi connectivity index (χ0v) is 21.9. The number of rotatable bonds is 7. The molecule has 11 heteroatoms. The zero-order chi connectivity index (χ0) is 27.3. The molecule has 8 nitrogen and oxygen atoms in total. The minimum Gasteiger partial charge on any atom is -0.393 e. The van der Waals surface area contributed by atoms with Gasteiger partial charge in [0.15, 0.2) is 0 Å². The van der Waals surface area contributed by atoms with Crippen molar-refractivity contribution in [3.05, 3.63) is 59.4 Å². The number of fused-ring (bicyclic) bond motifs is 1. The van der Waals surface area contributed by atoms with Crippen molar-refractivity contribution >= 4 is 10.9 Å². The highest BCUT2D eigenvalue weighted by molar-refractivity contribution is 5.94. The van der Waals surface area contributed by atoms with Crippen molar-refractivity contribution in [3.8, 4) is 11.3 Å². The molecule has 1 aromatic carbocycles. The van der Waals surface area contributed by atoms with E-state index in [0.717, 1.165) is 42.3 Å². The molecule has 3 aromatic heterocycles. The monoisotopic (exact) mass is 539 g/mol. The smallest absolute Gasteiger partial charge is 0.393 e. The van der Waals surface area contributed by atoms with Crippen molar-refractivity contribution < 1.29 is 18.3 Å². The number of aromatic nitrogens is 6. The molecule has 2 aliphatic carbocycles. The Bertz CT molecular complexity index is 1480. The van der Waals surface area contributed by atoms with Gasteiger partial charge in [-0.15, -0.1) is 10.2 Å². The van der Waals surface area contributed by atoms with Gasteiger partial charge < -0.3 is 15.0 Å². The Labute approximate surface area is 224 Å². The van der Waals surface area contributed by atoms with Crippen LogP contribution in [0.1, 0.15) is 80.2 Å². The zero-order valence-electron chi connectivity index (χ0n) is 21.9. The van der Waals surface area contributed by atoms with Crippen molar-refractivity contribution in [2.24, 2.45) is 13.0 Å². The van der Waals surface area contributed by atoms with Crippen LogP contribution in [0, 0.1) is 5.92 Å². The van der Waals surface area contributed by atoms with E-state index in [4.69, 9.17) is 0 Å². The molecule has 206 valence electrons. The standard InChI is InChI=1S/C28H32F3N7O/c1-15(33-19-9-10-20(39)12-19)24-26-21(13-22(34-24)28(29,30)31)25(35-36-26)18-8-4-7-17(11-18)23(16-5-3-6-16)27-37-32-14-38(27)2/h4,7-8,11,13-16,19-20,23,33,39H,3,5-6,9-10,12H2,1-2H3,(H,35,36)/t15-,19-,20+,23-/m1/s1. The van der Waals surface area contributed by atoms with Crippen LogP contribution in [-0.4, -0.2) is 47.2 Å². The summed E-state index contributed by atoms with van der Waals surface area (Å²) in [5, 5.41) is 29.6. The molecule has 0 aliphatic heterocycles. The number of pyridine rings is 1. The van der Waals surface area contributed by atoms with E-state index in [1.165, 1.54) is 6.42 Å². The minimum atomic E-state index is -4.61.